The van der Waals surface area contributed by atoms with Crippen molar-refractivity contribution in [3.63, 3.8) is 0 Å². The van der Waals surface area contributed by atoms with E-state index in [1.807, 2.05) is 32.0 Å². The SMILES string of the molecule is CCOc1ccc(OCC)c(Nc2nnccc2C#N)c1. The van der Waals surface area contributed by atoms with Crippen LogP contribution in [0.3, 0.4) is 0 Å². The maximum atomic E-state index is 9.09. The number of aromatic nitrogens is 2. The van der Waals surface area contributed by atoms with E-state index in [9.17, 15) is 0 Å². The van der Waals surface area contributed by atoms with E-state index < -0.39 is 0 Å². The number of rotatable bonds is 6. The van der Waals surface area contributed by atoms with Gasteiger partial charge in [0.25, 0.3) is 0 Å². The van der Waals surface area contributed by atoms with Crippen LogP contribution in [0.4, 0.5) is 11.5 Å². The Balaban J connectivity index is 2.36. The standard InChI is InChI=1S/C15H16N4O2/c1-3-20-12-5-6-14(21-4-2)13(9-12)18-15-11(10-16)7-8-17-19-15/h5-9H,3-4H2,1-2H3,(H,18,19). The van der Waals surface area contributed by atoms with Gasteiger partial charge in [0.15, 0.2) is 5.82 Å². The van der Waals surface area contributed by atoms with Crippen LogP contribution in [0.1, 0.15) is 19.4 Å². The van der Waals surface area contributed by atoms with Crippen molar-refractivity contribution in [2.24, 2.45) is 0 Å². The highest BCUT2D eigenvalue weighted by Gasteiger charge is 2.10. The lowest BCUT2D eigenvalue weighted by atomic mass is 10.2. The van der Waals surface area contributed by atoms with Crippen molar-refractivity contribution >= 4 is 11.5 Å². The summed E-state index contributed by atoms with van der Waals surface area (Å²) in [7, 11) is 0. The maximum absolute atomic E-state index is 9.09. The summed E-state index contributed by atoms with van der Waals surface area (Å²) in [5, 5.41) is 19.9. The summed E-state index contributed by atoms with van der Waals surface area (Å²) in [6, 6.07) is 9.13. The Hall–Kier alpha value is -2.81. The molecule has 21 heavy (non-hydrogen) atoms. The van der Waals surface area contributed by atoms with E-state index >= 15 is 0 Å². The fourth-order valence-electron chi connectivity index (χ4n) is 1.79. The largest absolute Gasteiger partial charge is 0.494 e. The van der Waals surface area contributed by atoms with Gasteiger partial charge in [-0.15, -0.1) is 5.10 Å². The van der Waals surface area contributed by atoms with Crippen molar-refractivity contribution < 1.29 is 9.47 Å². The van der Waals surface area contributed by atoms with Gasteiger partial charge in [-0.3, -0.25) is 0 Å². The molecule has 0 saturated heterocycles. The molecule has 0 radical (unpaired) electrons. The minimum absolute atomic E-state index is 0.384. The lowest BCUT2D eigenvalue weighted by Crippen LogP contribution is -2.02. The van der Waals surface area contributed by atoms with Gasteiger partial charge in [-0.25, -0.2) is 0 Å². The van der Waals surface area contributed by atoms with Crippen LogP contribution in [-0.4, -0.2) is 23.4 Å². The van der Waals surface area contributed by atoms with Gasteiger partial charge in [-0.1, -0.05) is 0 Å². The van der Waals surface area contributed by atoms with Crippen molar-refractivity contribution in [2.45, 2.75) is 13.8 Å². The molecule has 108 valence electrons. The summed E-state index contributed by atoms with van der Waals surface area (Å²) in [6.07, 6.45) is 1.48. The Labute approximate surface area is 123 Å². The first-order valence-electron chi connectivity index (χ1n) is 6.67. The molecule has 1 aromatic heterocycles. The number of anilines is 2. The van der Waals surface area contributed by atoms with E-state index in [4.69, 9.17) is 14.7 Å². The number of nitrogens with one attached hydrogen (secondary N) is 1. The highest BCUT2D eigenvalue weighted by atomic mass is 16.5. The van der Waals surface area contributed by atoms with Crippen molar-refractivity contribution in [1.29, 1.82) is 5.26 Å². The summed E-state index contributed by atoms with van der Waals surface area (Å²) < 4.78 is 11.0. The molecule has 0 unspecified atom stereocenters. The molecule has 6 nitrogen and oxygen atoms in total. The number of ether oxygens (including phenoxy) is 2. The third kappa shape index (κ3) is 3.60. The van der Waals surface area contributed by atoms with Crippen molar-refractivity contribution in [3.05, 3.63) is 36.0 Å². The Morgan fingerprint density at radius 1 is 1.19 bits per heavy atom. The van der Waals surface area contributed by atoms with E-state index in [2.05, 4.69) is 21.6 Å². The number of hydrogen-bond donors (Lipinski definition) is 1. The van der Waals surface area contributed by atoms with E-state index in [-0.39, 0.29) is 0 Å². The molecule has 1 aromatic carbocycles. The van der Waals surface area contributed by atoms with Crippen molar-refractivity contribution in [2.75, 3.05) is 18.5 Å². The molecule has 2 rings (SSSR count). The fourth-order valence-corrected chi connectivity index (χ4v) is 1.79. The maximum Gasteiger partial charge on any atom is 0.171 e. The zero-order chi connectivity index (χ0) is 15.1. The van der Waals surface area contributed by atoms with Gasteiger partial charge in [-0.2, -0.15) is 10.4 Å². The second-order valence-electron chi connectivity index (χ2n) is 4.05. The van der Waals surface area contributed by atoms with Gasteiger partial charge in [0.1, 0.15) is 17.6 Å². The smallest absolute Gasteiger partial charge is 0.171 e. The average Bonchev–Trinajstić information content (AvgIpc) is 2.51. The molecular weight excluding hydrogens is 268 g/mol. The predicted octanol–water partition coefficient (Wildman–Crippen LogP) is 2.89. The molecular formula is C15H16N4O2. The number of nitrogens with zero attached hydrogens (tertiary/aromatic N) is 3. The van der Waals surface area contributed by atoms with Gasteiger partial charge < -0.3 is 14.8 Å². The summed E-state index contributed by atoms with van der Waals surface area (Å²) in [4.78, 5) is 0. The van der Waals surface area contributed by atoms with Gasteiger partial charge in [0, 0.05) is 6.07 Å². The first kappa shape index (κ1) is 14.6. The number of hydrogen-bond acceptors (Lipinski definition) is 6. The van der Waals surface area contributed by atoms with Crippen LogP contribution in [0.5, 0.6) is 11.5 Å². The summed E-state index contributed by atoms with van der Waals surface area (Å²) in [5.41, 5.74) is 1.09. The van der Waals surface area contributed by atoms with Gasteiger partial charge in [-0.05, 0) is 32.0 Å². The molecule has 0 amide bonds. The molecule has 0 fully saturated rings. The second kappa shape index (κ2) is 7.10. The quantitative estimate of drug-likeness (QED) is 0.878. The number of nitriles is 1. The number of benzene rings is 1. The van der Waals surface area contributed by atoms with Crippen molar-refractivity contribution in [1.82, 2.24) is 10.2 Å². The Morgan fingerprint density at radius 3 is 2.71 bits per heavy atom. The lowest BCUT2D eigenvalue weighted by Gasteiger charge is -2.14. The molecule has 0 aliphatic carbocycles. The van der Waals surface area contributed by atoms with Gasteiger partial charge in [0.05, 0.1) is 30.7 Å². The summed E-state index contributed by atoms with van der Waals surface area (Å²) in [5.74, 6) is 1.76. The zero-order valence-corrected chi connectivity index (χ0v) is 12.0. The first-order valence-corrected chi connectivity index (χ1v) is 6.67. The molecule has 6 heteroatoms. The topological polar surface area (TPSA) is 80.1 Å². The van der Waals surface area contributed by atoms with Crippen LogP contribution in [0, 0.1) is 11.3 Å². The molecule has 1 heterocycles. The second-order valence-corrected chi connectivity index (χ2v) is 4.05. The monoisotopic (exact) mass is 284 g/mol. The van der Waals surface area contributed by atoms with Crippen LogP contribution in [-0.2, 0) is 0 Å². The minimum atomic E-state index is 0.384. The molecule has 0 spiro atoms. The predicted molar refractivity (Wildman–Crippen MR) is 78.8 cm³/mol. The lowest BCUT2D eigenvalue weighted by molar-refractivity contribution is 0.332. The Kier molecular flexibility index (Phi) is 4.94. The van der Waals surface area contributed by atoms with Crippen LogP contribution < -0.4 is 14.8 Å². The van der Waals surface area contributed by atoms with Gasteiger partial charge in [0.2, 0.25) is 0 Å². The molecule has 0 atom stereocenters. The molecule has 0 aliphatic heterocycles. The Bertz CT molecular complexity index is 652. The normalized spacial score (nSPS) is 9.76. The Morgan fingerprint density at radius 2 is 2.00 bits per heavy atom. The first-order chi connectivity index (χ1) is 10.3. The molecule has 2 aromatic rings. The zero-order valence-electron chi connectivity index (χ0n) is 12.0. The highest BCUT2D eigenvalue weighted by molar-refractivity contribution is 5.69. The molecule has 0 aliphatic rings. The van der Waals surface area contributed by atoms with Crippen molar-refractivity contribution in [3.8, 4) is 17.6 Å². The summed E-state index contributed by atoms with van der Waals surface area (Å²) >= 11 is 0. The van der Waals surface area contributed by atoms with E-state index in [1.54, 1.807) is 6.07 Å². The van der Waals surface area contributed by atoms with Gasteiger partial charge >= 0.3 is 0 Å². The van der Waals surface area contributed by atoms with Crippen LogP contribution in [0.15, 0.2) is 30.5 Å². The third-order valence-corrected chi connectivity index (χ3v) is 2.66. The van der Waals surface area contributed by atoms with E-state index in [1.165, 1.54) is 6.20 Å². The summed E-state index contributed by atoms with van der Waals surface area (Å²) in [6.45, 7) is 4.93. The van der Waals surface area contributed by atoms with E-state index in [0.717, 1.165) is 0 Å². The highest BCUT2D eigenvalue weighted by Crippen LogP contribution is 2.32. The average molecular weight is 284 g/mol. The molecule has 0 bridgehead atoms. The third-order valence-electron chi connectivity index (χ3n) is 2.66. The molecule has 0 saturated carbocycles. The fraction of sp³-hybridized carbons (Fsp3) is 0.267. The van der Waals surface area contributed by atoms with Crippen LogP contribution >= 0.6 is 0 Å². The van der Waals surface area contributed by atoms with E-state index in [0.29, 0.717) is 41.8 Å². The molecule has 1 N–H and O–H groups in total. The van der Waals surface area contributed by atoms with Crippen LogP contribution in [0.25, 0.3) is 0 Å². The van der Waals surface area contributed by atoms with Crippen LogP contribution in [0.2, 0.25) is 0 Å². The minimum Gasteiger partial charge on any atom is -0.494 e.